The molecule has 0 radical (unpaired) electrons. The Morgan fingerprint density at radius 1 is 0.880 bits per heavy atom. The average Bonchev–Trinajstić information content (AvgIpc) is 3.05. The van der Waals surface area contributed by atoms with E-state index >= 15 is 0 Å². The average molecular weight is 360 g/mol. The molecule has 126 valence electrons. The maximum absolute atomic E-state index is 13.2. The molecule has 0 amide bonds. The zero-order chi connectivity index (χ0) is 17.4. The van der Waals surface area contributed by atoms with Crippen molar-refractivity contribution in [3.8, 4) is 0 Å². The van der Waals surface area contributed by atoms with Crippen LogP contribution in [0.25, 0.3) is 0 Å². The van der Waals surface area contributed by atoms with Gasteiger partial charge in [-0.05, 0) is 11.1 Å². The molecule has 8 heteroatoms. The van der Waals surface area contributed by atoms with Crippen LogP contribution in [0.15, 0.2) is 70.9 Å². The summed E-state index contributed by atoms with van der Waals surface area (Å²) in [5, 5.41) is 11.1. The molecule has 2 heterocycles. The molecule has 1 atom stereocenters. The maximum atomic E-state index is 13.2. The largest absolute Gasteiger partial charge is 0.453 e. The first-order valence-corrected chi connectivity index (χ1v) is 8.30. The minimum atomic E-state index is -4.61. The Morgan fingerprint density at radius 2 is 1.52 bits per heavy atom. The van der Waals surface area contributed by atoms with Gasteiger partial charge in [0.1, 0.15) is 0 Å². The minimum absolute atomic E-state index is 0.126. The summed E-state index contributed by atoms with van der Waals surface area (Å²) in [5.74, 6) is -1.12. The van der Waals surface area contributed by atoms with E-state index in [1.807, 2.05) is 60.7 Å². The Hall–Kier alpha value is -2.61. The molecule has 25 heavy (non-hydrogen) atoms. The number of hydrogen-bond donors (Lipinski definition) is 0. The zero-order valence-electron chi connectivity index (χ0n) is 12.7. The molecule has 0 spiro atoms. The predicted molar refractivity (Wildman–Crippen MR) is 88.4 cm³/mol. The normalized spacial score (nSPS) is 17.1. The van der Waals surface area contributed by atoms with Gasteiger partial charge in [0.25, 0.3) is 5.82 Å². The summed E-state index contributed by atoms with van der Waals surface area (Å²) in [6.45, 7) is 0. The van der Waals surface area contributed by atoms with Gasteiger partial charge in [-0.25, -0.2) is 0 Å². The van der Waals surface area contributed by atoms with Crippen LogP contribution in [-0.2, 0) is 6.18 Å². The third-order valence-corrected chi connectivity index (χ3v) is 4.91. The summed E-state index contributed by atoms with van der Waals surface area (Å²) >= 11 is 1.21. The Labute approximate surface area is 145 Å². The fourth-order valence-corrected chi connectivity index (χ4v) is 3.71. The lowest BCUT2D eigenvalue weighted by Crippen LogP contribution is -2.21. The van der Waals surface area contributed by atoms with Gasteiger partial charge in [0, 0.05) is 0 Å². The molecule has 0 bridgehead atoms. The van der Waals surface area contributed by atoms with Crippen LogP contribution in [0.2, 0.25) is 0 Å². The molecule has 0 N–H and O–H groups in total. The molecule has 3 aromatic rings. The van der Waals surface area contributed by atoms with Crippen LogP contribution in [-0.4, -0.2) is 20.6 Å². The van der Waals surface area contributed by atoms with Gasteiger partial charge in [-0.1, -0.05) is 72.4 Å². The summed E-state index contributed by atoms with van der Waals surface area (Å²) < 4.78 is 40.3. The molecular weight excluding hydrogens is 349 g/mol. The maximum Gasteiger partial charge on any atom is 0.453 e. The molecule has 0 saturated carbocycles. The number of halogens is 3. The Bertz CT molecular complexity index is 920. The smallest absolute Gasteiger partial charge is 0.182 e. The molecule has 1 aliphatic rings. The summed E-state index contributed by atoms with van der Waals surface area (Å²) in [5.41, 5.74) is 2.24. The topological polar surface area (TPSA) is 43.1 Å². The molecular formula is C17H11F3N4S. The van der Waals surface area contributed by atoms with Crippen molar-refractivity contribution in [1.82, 2.24) is 14.9 Å². The van der Waals surface area contributed by atoms with E-state index in [0.717, 1.165) is 15.8 Å². The monoisotopic (exact) mass is 360 g/mol. The third kappa shape index (κ3) is 2.93. The second-order valence-corrected chi connectivity index (χ2v) is 6.45. The van der Waals surface area contributed by atoms with Crippen LogP contribution in [0.5, 0.6) is 0 Å². The van der Waals surface area contributed by atoms with Gasteiger partial charge in [-0.3, -0.25) is 0 Å². The third-order valence-electron chi connectivity index (χ3n) is 3.72. The Balaban J connectivity index is 1.89. The second-order valence-electron chi connectivity index (χ2n) is 5.38. The lowest BCUT2D eigenvalue weighted by molar-refractivity contribution is -0.147. The van der Waals surface area contributed by atoms with E-state index < -0.39 is 12.0 Å². The van der Waals surface area contributed by atoms with Crippen molar-refractivity contribution in [3.05, 3.63) is 77.6 Å². The Morgan fingerprint density at radius 3 is 2.16 bits per heavy atom. The highest BCUT2D eigenvalue weighted by Gasteiger charge is 2.41. The van der Waals surface area contributed by atoms with Crippen molar-refractivity contribution in [2.24, 2.45) is 5.10 Å². The van der Waals surface area contributed by atoms with Gasteiger partial charge in [0.2, 0.25) is 5.16 Å². The van der Waals surface area contributed by atoms with Crippen LogP contribution >= 0.6 is 11.8 Å². The fourth-order valence-electron chi connectivity index (χ4n) is 2.60. The van der Waals surface area contributed by atoms with Gasteiger partial charge < -0.3 is 0 Å². The molecule has 1 aliphatic heterocycles. The van der Waals surface area contributed by atoms with Crippen LogP contribution in [0.1, 0.15) is 22.2 Å². The predicted octanol–water partition coefficient (Wildman–Crippen LogP) is 4.40. The second kappa shape index (κ2) is 6.03. The number of nitrogens with zero attached hydrogens (tertiary/aromatic N) is 4. The molecule has 1 unspecified atom stereocenters. The van der Waals surface area contributed by atoms with E-state index in [1.54, 1.807) is 0 Å². The molecule has 1 aromatic heterocycles. The van der Waals surface area contributed by atoms with Crippen molar-refractivity contribution >= 4 is 17.5 Å². The molecule has 4 rings (SSSR count). The first kappa shape index (κ1) is 15.9. The number of aromatic nitrogens is 3. The highest BCUT2D eigenvalue weighted by molar-refractivity contribution is 8.00. The molecule has 0 saturated heterocycles. The SMILES string of the molecule is FC(F)(F)c1nnc2n1N=C(c1ccccc1)C(c1ccccc1)S2. The van der Waals surface area contributed by atoms with Crippen LogP contribution in [0.4, 0.5) is 13.2 Å². The number of hydrogen-bond acceptors (Lipinski definition) is 4. The van der Waals surface area contributed by atoms with Gasteiger partial charge in [-0.2, -0.15) is 22.9 Å². The highest BCUT2D eigenvalue weighted by Crippen LogP contribution is 2.42. The molecule has 0 aliphatic carbocycles. The molecule has 0 fully saturated rings. The van der Waals surface area contributed by atoms with E-state index in [2.05, 4.69) is 15.3 Å². The summed E-state index contributed by atoms with van der Waals surface area (Å²) in [6.07, 6.45) is -4.61. The number of rotatable bonds is 2. The van der Waals surface area contributed by atoms with Crippen LogP contribution in [0, 0.1) is 0 Å². The van der Waals surface area contributed by atoms with Crippen molar-refractivity contribution in [2.75, 3.05) is 0 Å². The van der Waals surface area contributed by atoms with Gasteiger partial charge >= 0.3 is 6.18 Å². The summed E-state index contributed by atoms with van der Waals surface area (Å²) in [4.78, 5) is 0. The van der Waals surface area contributed by atoms with E-state index in [4.69, 9.17) is 0 Å². The first-order valence-electron chi connectivity index (χ1n) is 7.42. The zero-order valence-corrected chi connectivity index (χ0v) is 13.5. The molecule has 2 aromatic carbocycles. The standard InChI is InChI=1S/C17H11F3N4S/c18-17(19,20)15-21-22-16-24(15)23-13(11-7-3-1-4-8-11)14(25-16)12-9-5-2-6-10-12/h1-10,14H. The summed E-state index contributed by atoms with van der Waals surface area (Å²) in [6, 6.07) is 18.7. The van der Waals surface area contributed by atoms with Crippen LogP contribution < -0.4 is 0 Å². The van der Waals surface area contributed by atoms with Crippen molar-refractivity contribution in [2.45, 2.75) is 16.6 Å². The van der Waals surface area contributed by atoms with E-state index in [1.165, 1.54) is 11.8 Å². The lowest BCUT2D eigenvalue weighted by atomic mass is 10.0. The van der Waals surface area contributed by atoms with E-state index in [0.29, 0.717) is 5.71 Å². The van der Waals surface area contributed by atoms with E-state index in [-0.39, 0.29) is 10.4 Å². The minimum Gasteiger partial charge on any atom is -0.182 e. The quantitative estimate of drug-likeness (QED) is 0.680. The lowest BCUT2D eigenvalue weighted by Gasteiger charge is -2.23. The van der Waals surface area contributed by atoms with Gasteiger partial charge in [-0.15, -0.1) is 10.2 Å². The number of alkyl halides is 3. The van der Waals surface area contributed by atoms with Gasteiger partial charge in [0.05, 0.1) is 11.0 Å². The van der Waals surface area contributed by atoms with Gasteiger partial charge in [0.15, 0.2) is 0 Å². The summed E-state index contributed by atoms with van der Waals surface area (Å²) in [7, 11) is 0. The van der Waals surface area contributed by atoms with Crippen molar-refractivity contribution < 1.29 is 13.2 Å². The highest BCUT2D eigenvalue weighted by atomic mass is 32.2. The number of benzene rings is 2. The first-order chi connectivity index (χ1) is 12.0. The molecule has 4 nitrogen and oxygen atoms in total. The van der Waals surface area contributed by atoms with Crippen molar-refractivity contribution in [1.29, 1.82) is 0 Å². The number of thioether (sulfide) groups is 1. The Kier molecular flexibility index (Phi) is 3.84. The number of fused-ring (bicyclic) bond motifs is 1. The van der Waals surface area contributed by atoms with Crippen molar-refractivity contribution in [3.63, 3.8) is 0 Å². The van der Waals surface area contributed by atoms with Crippen LogP contribution in [0.3, 0.4) is 0 Å². The van der Waals surface area contributed by atoms with E-state index in [9.17, 15) is 13.2 Å². The fraction of sp³-hybridized carbons (Fsp3) is 0.118.